The van der Waals surface area contributed by atoms with E-state index in [2.05, 4.69) is 133 Å². The lowest BCUT2D eigenvalue weighted by atomic mass is 9.95. The minimum atomic E-state index is 0.594. The maximum atomic E-state index is 6.75. The zero-order valence-electron chi connectivity index (χ0n) is 26.3. The second-order valence-corrected chi connectivity index (χ2v) is 12.4. The van der Waals surface area contributed by atoms with E-state index < -0.39 is 0 Å². The fraction of sp³-hybridized carbons (Fsp3) is 0. The number of benzene rings is 8. The molecule has 0 bridgehead atoms. The van der Waals surface area contributed by atoms with Crippen molar-refractivity contribution in [3.8, 4) is 45.3 Å². The molecular formula is C45H27N3O. The van der Waals surface area contributed by atoms with Crippen molar-refractivity contribution in [2.45, 2.75) is 0 Å². The van der Waals surface area contributed by atoms with Crippen molar-refractivity contribution in [1.82, 2.24) is 15.0 Å². The summed E-state index contributed by atoms with van der Waals surface area (Å²) in [5, 5.41) is 9.02. The summed E-state index contributed by atoms with van der Waals surface area (Å²) in [6, 6.07) is 56.8. The van der Waals surface area contributed by atoms with Crippen LogP contribution in [0.1, 0.15) is 0 Å². The Morgan fingerprint density at radius 1 is 0.347 bits per heavy atom. The van der Waals surface area contributed by atoms with Crippen molar-refractivity contribution in [3.05, 3.63) is 164 Å². The maximum absolute atomic E-state index is 6.75. The Labute approximate surface area is 282 Å². The molecule has 10 aromatic rings. The summed E-state index contributed by atoms with van der Waals surface area (Å²) in [5.41, 5.74) is 6.75. The first-order chi connectivity index (χ1) is 24.3. The van der Waals surface area contributed by atoms with Gasteiger partial charge in [-0.25, -0.2) is 15.0 Å². The zero-order valence-corrected chi connectivity index (χ0v) is 26.3. The molecule has 10 rings (SSSR count). The lowest BCUT2D eigenvalue weighted by Gasteiger charge is -2.12. The molecule has 0 radical (unpaired) electrons. The Morgan fingerprint density at radius 2 is 0.898 bits per heavy atom. The Kier molecular flexibility index (Phi) is 6.15. The van der Waals surface area contributed by atoms with Gasteiger partial charge in [-0.2, -0.15) is 0 Å². The van der Waals surface area contributed by atoms with Gasteiger partial charge in [0, 0.05) is 32.8 Å². The van der Waals surface area contributed by atoms with E-state index in [4.69, 9.17) is 19.4 Å². The fourth-order valence-electron chi connectivity index (χ4n) is 7.18. The van der Waals surface area contributed by atoms with Gasteiger partial charge >= 0.3 is 0 Å². The molecule has 0 saturated heterocycles. The van der Waals surface area contributed by atoms with E-state index >= 15 is 0 Å². The van der Waals surface area contributed by atoms with Crippen LogP contribution in [0.15, 0.2) is 168 Å². The third kappa shape index (κ3) is 4.49. The zero-order chi connectivity index (χ0) is 32.3. The summed E-state index contributed by atoms with van der Waals surface area (Å²) < 4.78 is 6.75. The van der Waals surface area contributed by atoms with Crippen LogP contribution in [0.25, 0.3) is 99.5 Å². The number of furan rings is 1. The second-order valence-electron chi connectivity index (χ2n) is 12.4. The van der Waals surface area contributed by atoms with Crippen LogP contribution in [0, 0.1) is 0 Å². The maximum Gasteiger partial charge on any atom is 0.164 e. The van der Waals surface area contributed by atoms with Gasteiger partial charge in [-0.15, -0.1) is 0 Å². The average Bonchev–Trinajstić information content (AvgIpc) is 3.57. The summed E-state index contributed by atoms with van der Waals surface area (Å²) >= 11 is 0. The largest absolute Gasteiger partial charge is 0.455 e. The quantitative estimate of drug-likeness (QED) is 0.183. The highest BCUT2D eigenvalue weighted by molar-refractivity contribution is 6.21. The van der Waals surface area contributed by atoms with Gasteiger partial charge in [-0.05, 0) is 62.3 Å². The summed E-state index contributed by atoms with van der Waals surface area (Å²) in [5.74, 6) is 1.85. The minimum absolute atomic E-state index is 0.594. The van der Waals surface area contributed by atoms with Gasteiger partial charge in [-0.3, -0.25) is 0 Å². The summed E-state index contributed by atoms with van der Waals surface area (Å²) in [6.07, 6.45) is 0. The molecule has 0 unspecified atom stereocenters. The van der Waals surface area contributed by atoms with Crippen LogP contribution in [0.4, 0.5) is 0 Å². The number of rotatable bonds is 4. The Hall–Kier alpha value is -6.65. The molecule has 0 amide bonds. The topological polar surface area (TPSA) is 51.8 Å². The number of aromatic nitrogens is 3. The highest BCUT2D eigenvalue weighted by atomic mass is 16.3. The van der Waals surface area contributed by atoms with E-state index in [9.17, 15) is 0 Å². The van der Waals surface area contributed by atoms with Crippen LogP contribution >= 0.6 is 0 Å². The van der Waals surface area contributed by atoms with Gasteiger partial charge in [-0.1, -0.05) is 140 Å². The van der Waals surface area contributed by atoms with Crippen molar-refractivity contribution >= 4 is 54.3 Å². The second kappa shape index (κ2) is 11.0. The number of nitrogens with zero attached hydrogens (tertiary/aromatic N) is 3. The van der Waals surface area contributed by atoms with Crippen LogP contribution in [-0.2, 0) is 0 Å². The molecule has 2 aromatic heterocycles. The highest BCUT2D eigenvalue weighted by Crippen LogP contribution is 2.42. The molecule has 0 aliphatic rings. The number of fused-ring (bicyclic) bond motifs is 8. The first-order valence-electron chi connectivity index (χ1n) is 16.4. The average molecular weight is 626 g/mol. The molecule has 0 saturated carbocycles. The minimum Gasteiger partial charge on any atom is -0.455 e. The van der Waals surface area contributed by atoms with Gasteiger partial charge in [0.15, 0.2) is 17.5 Å². The predicted octanol–water partition coefficient (Wildman–Crippen LogP) is 11.9. The first kappa shape index (κ1) is 27.5. The van der Waals surface area contributed by atoms with Crippen molar-refractivity contribution in [3.63, 3.8) is 0 Å². The summed E-state index contributed by atoms with van der Waals surface area (Å²) in [4.78, 5) is 15.3. The molecule has 2 heterocycles. The summed E-state index contributed by atoms with van der Waals surface area (Å²) in [7, 11) is 0. The third-order valence-electron chi connectivity index (χ3n) is 9.48. The van der Waals surface area contributed by atoms with E-state index in [-0.39, 0.29) is 0 Å². The monoisotopic (exact) mass is 625 g/mol. The lowest BCUT2D eigenvalue weighted by Crippen LogP contribution is -2.00. The molecule has 0 fully saturated rings. The molecule has 8 aromatic carbocycles. The predicted molar refractivity (Wildman–Crippen MR) is 201 cm³/mol. The molecule has 49 heavy (non-hydrogen) atoms. The van der Waals surface area contributed by atoms with E-state index in [1.54, 1.807) is 0 Å². The van der Waals surface area contributed by atoms with Gasteiger partial charge in [0.25, 0.3) is 0 Å². The van der Waals surface area contributed by atoms with Gasteiger partial charge in [0.2, 0.25) is 0 Å². The smallest absolute Gasteiger partial charge is 0.164 e. The van der Waals surface area contributed by atoms with Gasteiger partial charge in [0.05, 0.1) is 0 Å². The fourth-order valence-corrected chi connectivity index (χ4v) is 7.18. The Balaban J connectivity index is 1.22. The molecule has 0 aliphatic carbocycles. The van der Waals surface area contributed by atoms with E-state index in [0.29, 0.717) is 17.5 Å². The molecule has 0 spiro atoms. The molecular weight excluding hydrogens is 599 g/mol. The molecule has 0 atom stereocenters. The normalized spacial score (nSPS) is 11.7. The van der Waals surface area contributed by atoms with Crippen LogP contribution in [0.5, 0.6) is 0 Å². The van der Waals surface area contributed by atoms with Crippen molar-refractivity contribution < 1.29 is 4.42 Å². The van der Waals surface area contributed by atoms with Gasteiger partial charge in [0.1, 0.15) is 11.2 Å². The van der Waals surface area contributed by atoms with Crippen LogP contribution in [0.2, 0.25) is 0 Å². The van der Waals surface area contributed by atoms with E-state index in [0.717, 1.165) is 71.3 Å². The van der Waals surface area contributed by atoms with Crippen LogP contribution in [-0.4, -0.2) is 15.0 Å². The molecule has 0 N–H and O–H groups in total. The van der Waals surface area contributed by atoms with Crippen LogP contribution < -0.4 is 0 Å². The number of hydrogen-bond acceptors (Lipinski definition) is 4. The van der Waals surface area contributed by atoms with E-state index in [1.807, 2.05) is 30.3 Å². The molecule has 0 aliphatic heterocycles. The third-order valence-corrected chi connectivity index (χ3v) is 9.48. The molecule has 4 heteroatoms. The first-order valence-corrected chi connectivity index (χ1v) is 16.4. The SMILES string of the molecule is c1ccc(-c2nc(-c3ccc4c(c3)oc3c5ccccc5cc(-c5ccccc5)c43)nc(-c3cc4ccccc4c4ccccc34)n2)cc1. The lowest BCUT2D eigenvalue weighted by molar-refractivity contribution is 0.673. The molecule has 4 nitrogen and oxygen atoms in total. The van der Waals surface area contributed by atoms with Crippen LogP contribution in [0.3, 0.4) is 0 Å². The highest BCUT2D eigenvalue weighted by Gasteiger charge is 2.19. The summed E-state index contributed by atoms with van der Waals surface area (Å²) in [6.45, 7) is 0. The van der Waals surface area contributed by atoms with Crippen molar-refractivity contribution in [2.75, 3.05) is 0 Å². The van der Waals surface area contributed by atoms with Crippen molar-refractivity contribution in [1.29, 1.82) is 0 Å². The number of hydrogen-bond donors (Lipinski definition) is 0. The molecule has 228 valence electrons. The van der Waals surface area contributed by atoms with Crippen molar-refractivity contribution in [2.24, 2.45) is 0 Å². The Morgan fingerprint density at radius 3 is 1.65 bits per heavy atom. The Bertz CT molecular complexity index is 2880. The van der Waals surface area contributed by atoms with Gasteiger partial charge < -0.3 is 4.42 Å². The van der Waals surface area contributed by atoms with E-state index in [1.165, 1.54) is 10.8 Å². The standard InChI is InChI=1S/C45H27N3O/c1-3-13-28(14-4-1)38-25-31-18-8-10-20-34(31)42-41(38)37-24-23-32(27-40(37)49-42)44-46-43(29-15-5-2-6-16-29)47-45(48-44)39-26-30-17-7-9-19-33(30)35-21-11-12-22-36(35)39/h1-27H.